The van der Waals surface area contributed by atoms with Crippen molar-refractivity contribution in [3.63, 3.8) is 0 Å². The number of carbonyl (C=O) groups is 1. The van der Waals surface area contributed by atoms with Crippen LogP contribution in [0.25, 0.3) is 0 Å². The molecule has 1 atom stereocenters. The van der Waals surface area contributed by atoms with Crippen LogP contribution in [0.4, 0.5) is 0 Å². The second-order valence-electron chi connectivity index (χ2n) is 4.82. The lowest BCUT2D eigenvalue weighted by Gasteiger charge is -2.39. The molecule has 1 amide bonds. The van der Waals surface area contributed by atoms with Gasteiger partial charge in [0.25, 0.3) is 5.91 Å². The highest BCUT2D eigenvalue weighted by molar-refractivity contribution is 9.10. The third-order valence-corrected chi connectivity index (χ3v) is 4.08. The standard InChI is InChI=1S/C13H18BrN3O2/c1-16-4-5-17(10(7-15)8-16)13(19)9-2-3-11(14)12(18)6-9/h2-3,6,10,18H,4-5,7-8,15H2,1H3. The highest BCUT2D eigenvalue weighted by atomic mass is 79.9. The van der Waals surface area contributed by atoms with Crippen LogP contribution >= 0.6 is 15.9 Å². The Balaban J connectivity index is 2.20. The summed E-state index contributed by atoms with van der Waals surface area (Å²) >= 11 is 3.21. The number of benzene rings is 1. The van der Waals surface area contributed by atoms with Crippen molar-refractivity contribution in [2.45, 2.75) is 6.04 Å². The SMILES string of the molecule is CN1CCN(C(=O)c2ccc(Br)c(O)c2)C(CN)C1. The number of halogens is 1. The zero-order valence-electron chi connectivity index (χ0n) is 10.8. The topological polar surface area (TPSA) is 69.8 Å². The number of amides is 1. The van der Waals surface area contributed by atoms with Crippen molar-refractivity contribution in [3.05, 3.63) is 28.2 Å². The van der Waals surface area contributed by atoms with Crippen molar-refractivity contribution in [1.29, 1.82) is 0 Å². The third kappa shape index (κ3) is 3.08. The van der Waals surface area contributed by atoms with Crippen LogP contribution in [0.2, 0.25) is 0 Å². The van der Waals surface area contributed by atoms with Gasteiger partial charge in [0.15, 0.2) is 0 Å². The number of nitrogens with two attached hydrogens (primary N) is 1. The van der Waals surface area contributed by atoms with E-state index in [1.54, 1.807) is 17.0 Å². The van der Waals surface area contributed by atoms with Gasteiger partial charge >= 0.3 is 0 Å². The second kappa shape index (κ2) is 5.90. The monoisotopic (exact) mass is 327 g/mol. The summed E-state index contributed by atoms with van der Waals surface area (Å²) in [7, 11) is 2.02. The lowest BCUT2D eigenvalue weighted by Crippen LogP contribution is -2.56. The molecule has 3 N–H and O–H groups in total. The molecule has 1 aliphatic heterocycles. The van der Waals surface area contributed by atoms with Crippen LogP contribution in [0.3, 0.4) is 0 Å². The molecule has 1 aromatic carbocycles. The van der Waals surface area contributed by atoms with E-state index < -0.39 is 0 Å². The van der Waals surface area contributed by atoms with Crippen molar-refractivity contribution in [1.82, 2.24) is 9.80 Å². The number of hydrogen-bond donors (Lipinski definition) is 2. The molecule has 1 fully saturated rings. The number of phenols is 1. The van der Waals surface area contributed by atoms with E-state index in [0.717, 1.165) is 13.1 Å². The highest BCUT2D eigenvalue weighted by Crippen LogP contribution is 2.25. The number of hydrogen-bond acceptors (Lipinski definition) is 4. The molecule has 0 spiro atoms. The van der Waals surface area contributed by atoms with Crippen LogP contribution in [0.15, 0.2) is 22.7 Å². The van der Waals surface area contributed by atoms with Gasteiger partial charge in [-0.3, -0.25) is 4.79 Å². The number of carbonyl (C=O) groups excluding carboxylic acids is 1. The molecule has 0 radical (unpaired) electrons. The summed E-state index contributed by atoms with van der Waals surface area (Å²) in [5, 5.41) is 9.66. The van der Waals surface area contributed by atoms with Gasteiger partial charge in [0, 0.05) is 31.7 Å². The maximum atomic E-state index is 12.5. The molecule has 1 unspecified atom stereocenters. The van der Waals surface area contributed by atoms with E-state index >= 15 is 0 Å². The fourth-order valence-electron chi connectivity index (χ4n) is 2.29. The Morgan fingerprint density at radius 2 is 2.26 bits per heavy atom. The predicted molar refractivity (Wildman–Crippen MR) is 77.2 cm³/mol. The Kier molecular flexibility index (Phi) is 4.44. The van der Waals surface area contributed by atoms with E-state index in [1.807, 2.05) is 7.05 Å². The number of rotatable bonds is 2. The van der Waals surface area contributed by atoms with Crippen LogP contribution in [-0.4, -0.2) is 60.1 Å². The molecule has 1 saturated heterocycles. The Labute approximate surface area is 121 Å². The summed E-state index contributed by atoms with van der Waals surface area (Å²) in [6.45, 7) is 2.72. The number of piperazine rings is 1. The molecule has 1 aromatic rings. The van der Waals surface area contributed by atoms with Crippen molar-refractivity contribution in [2.75, 3.05) is 33.2 Å². The first-order chi connectivity index (χ1) is 9.02. The zero-order valence-corrected chi connectivity index (χ0v) is 12.4. The van der Waals surface area contributed by atoms with Crippen LogP contribution in [0, 0.1) is 0 Å². The summed E-state index contributed by atoms with van der Waals surface area (Å²) in [5.74, 6) is -0.00405. The first-order valence-electron chi connectivity index (χ1n) is 6.21. The molecule has 2 rings (SSSR count). The number of likely N-dealkylation sites (N-methyl/N-ethyl adjacent to an activating group) is 1. The second-order valence-corrected chi connectivity index (χ2v) is 5.67. The van der Waals surface area contributed by atoms with E-state index in [0.29, 0.717) is 23.1 Å². The van der Waals surface area contributed by atoms with Gasteiger partial charge in [-0.25, -0.2) is 0 Å². The van der Waals surface area contributed by atoms with Crippen LogP contribution in [0.5, 0.6) is 5.75 Å². The van der Waals surface area contributed by atoms with E-state index in [1.165, 1.54) is 6.07 Å². The van der Waals surface area contributed by atoms with E-state index in [2.05, 4.69) is 20.8 Å². The Morgan fingerprint density at radius 3 is 2.89 bits per heavy atom. The average Bonchev–Trinajstić information content (AvgIpc) is 2.41. The van der Waals surface area contributed by atoms with E-state index in [9.17, 15) is 9.90 Å². The van der Waals surface area contributed by atoms with Crippen molar-refractivity contribution in [2.24, 2.45) is 5.73 Å². The van der Waals surface area contributed by atoms with Crippen LogP contribution in [-0.2, 0) is 0 Å². The minimum absolute atomic E-state index is 0.0250. The van der Waals surface area contributed by atoms with Crippen LogP contribution in [0.1, 0.15) is 10.4 Å². The molecule has 5 nitrogen and oxygen atoms in total. The summed E-state index contributed by atoms with van der Waals surface area (Å²) < 4.78 is 0.581. The van der Waals surface area contributed by atoms with Crippen LogP contribution < -0.4 is 5.73 Å². The molecular formula is C13H18BrN3O2. The van der Waals surface area contributed by atoms with Gasteiger partial charge in [-0.15, -0.1) is 0 Å². The maximum Gasteiger partial charge on any atom is 0.254 e. The molecule has 0 bridgehead atoms. The minimum Gasteiger partial charge on any atom is -0.507 e. The molecule has 1 heterocycles. The van der Waals surface area contributed by atoms with Gasteiger partial charge in [-0.2, -0.15) is 0 Å². The Hall–Kier alpha value is -1.11. The van der Waals surface area contributed by atoms with Crippen molar-refractivity contribution < 1.29 is 9.90 Å². The number of phenolic OH excluding ortho intramolecular Hbond substituents is 1. The summed E-state index contributed by atoms with van der Waals surface area (Å²) in [6, 6.07) is 4.89. The lowest BCUT2D eigenvalue weighted by atomic mass is 10.1. The van der Waals surface area contributed by atoms with E-state index in [4.69, 9.17) is 5.73 Å². The smallest absolute Gasteiger partial charge is 0.254 e. The minimum atomic E-state index is -0.0775. The quantitative estimate of drug-likeness (QED) is 0.845. The Bertz CT molecular complexity index is 481. The van der Waals surface area contributed by atoms with Crippen molar-refractivity contribution in [3.8, 4) is 5.75 Å². The van der Waals surface area contributed by atoms with Gasteiger partial charge in [-0.1, -0.05) is 0 Å². The summed E-state index contributed by atoms with van der Waals surface area (Å²) in [5.41, 5.74) is 6.24. The number of nitrogens with zero attached hydrogens (tertiary/aromatic N) is 2. The lowest BCUT2D eigenvalue weighted by molar-refractivity contribution is 0.0515. The molecule has 19 heavy (non-hydrogen) atoms. The molecule has 1 aliphatic rings. The number of aromatic hydroxyl groups is 1. The molecule has 104 valence electrons. The summed E-state index contributed by atoms with van der Waals surface area (Å²) in [6.07, 6.45) is 0. The third-order valence-electron chi connectivity index (χ3n) is 3.41. The molecule has 0 saturated carbocycles. The van der Waals surface area contributed by atoms with Gasteiger partial charge < -0.3 is 20.6 Å². The van der Waals surface area contributed by atoms with Gasteiger partial charge in [0.1, 0.15) is 5.75 Å². The fourth-order valence-corrected chi connectivity index (χ4v) is 2.54. The fraction of sp³-hybridized carbons (Fsp3) is 0.462. The first kappa shape index (κ1) is 14.3. The van der Waals surface area contributed by atoms with Gasteiger partial charge in [-0.05, 0) is 41.2 Å². The molecule has 6 heteroatoms. The largest absolute Gasteiger partial charge is 0.507 e. The van der Waals surface area contributed by atoms with Gasteiger partial charge in [0.05, 0.1) is 10.5 Å². The highest BCUT2D eigenvalue weighted by Gasteiger charge is 2.28. The molecule has 0 aromatic heterocycles. The normalized spacial score (nSPS) is 20.6. The average molecular weight is 328 g/mol. The first-order valence-corrected chi connectivity index (χ1v) is 7.00. The molecule has 0 aliphatic carbocycles. The van der Waals surface area contributed by atoms with Gasteiger partial charge in [0.2, 0.25) is 0 Å². The van der Waals surface area contributed by atoms with E-state index in [-0.39, 0.29) is 17.7 Å². The maximum absolute atomic E-state index is 12.5. The zero-order chi connectivity index (χ0) is 14.0. The van der Waals surface area contributed by atoms with Crippen molar-refractivity contribution >= 4 is 21.8 Å². The molecular weight excluding hydrogens is 310 g/mol. The summed E-state index contributed by atoms with van der Waals surface area (Å²) in [4.78, 5) is 16.4. The Morgan fingerprint density at radius 1 is 1.53 bits per heavy atom. The predicted octanol–water partition coefficient (Wildman–Crippen LogP) is 0.870.